The zero-order chi connectivity index (χ0) is 11.9. The minimum Gasteiger partial charge on any atom is -0.351 e. The molecule has 0 aliphatic carbocycles. The minimum atomic E-state index is -0.469. The summed E-state index contributed by atoms with van der Waals surface area (Å²) in [7, 11) is 0. The van der Waals surface area contributed by atoms with Gasteiger partial charge in [0.05, 0.1) is 6.61 Å². The first-order chi connectivity index (χ1) is 8.22. The lowest BCUT2D eigenvalue weighted by Crippen LogP contribution is -2.49. The number of carbonyl (C=O) groups excluding carboxylic acids is 1. The van der Waals surface area contributed by atoms with Gasteiger partial charge >= 0.3 is 0 Å². The molecule has 0 bridgehead atoms. The highest BCUT2D eigenvalue weighted by Gasteiger charge is 2.49. The molecule has 1 atom stereocenters. The van der Waals surface area contributed by atoms with Gasteiger partial charge < -0.3 is 9.64 Å². The van der Waals surface area contributed by atoms with E-state index < -0.39 is 5.72 Å². The van der Waals surface area contributed by atoms with Crippen LogP contribution in [0.1, 0.15) is 30.4 Å². The zero-order valence-corrected chi connectivity index (χ0v) is 10.1. The Morgan fingerprint density at radius 2 is 2.06 bits per heavy atom. The third-order valence-corrected chi connectivity index (χ3v) is 3.78. The van der Waals surface area contributed by atoms with Crippen LogP contribution in [0.3, 0.4) is 0 Å². The maximum atomic E-state index is 11.9. The molecule has 0 spiro atoms. The van der Waals surface area contributed by atoms with Crippen LogP contribution in [0.4, 0.5) is 0 Å². The van der Waals surface area contributed by atoms with Gasteiger partial charge in [-0.1, -0.05) is 29.8 Å². The van der Waals surface area contributed by atoms with Gasteiger partial charge in [-0.3, -0.25) is 4.79 Å². The molecule has 0 saturated carbocycles. The molecular weight excluding hydrogens is 214 g/mol. The van der Waals surface area contributed by atoms with Crippen molar-refractivity contribution < 1.29 is 9.53 Å². The van der Waals surface area contributed by atoms with Crippen LogP contribution in [0.2, 0.25) is 0 Å². The maximum Gasteiger partial charge on any atom is 0.225 e. The fraction of sp³-hybridized carbons (Fsp3) is 0.500. The van der Waals surface area contributed by atoms with E-state index in [4.69, 9.17) is 4.74 Å². The monoisotopic (exact) mass is 231 g/mol. The summed E-state index contributed by atoms with van der Waals surface area (Å²) in [4.78, 5) is 13.8. The number of fused-ring (bicyclic) bond motifs is 1. The third kappa shape index (κ3) is 1.57. The minimum absolute atomic E-state index is 0.227. The Labute approximate surface area is 101 Å². The fourth-order valence-corrected chi connectivity index (χ4v) is 2.86. The number of hydrogen-bond acceptors (Lipinski definition) is 2. The first-order valence-electron chi connectivity index (χ1n) is 6.24. The summed E-state index contributed by atoms with van der Waals surface area (Å²) in [6.45, 7) is 3.64. The Hall–Kier alpha value is -1.35. The predicted octanol–water partition coefficient (Wildman–Crippen LogP) is 2.19. The van der Waals surface area contributed by atoms with Crippen molar-refractivity contribution in [1.82, 2.24) is 4.90 Å². The second kappa shape index (κ2) is 3.84. The fourth-order valence-electron chi connectivity index (χ4n) is 2.86. The van der Waals surface area contributed by atoms with Crippen LogP contribution in [0.15, 0.2) is 24.3 Å². The molecule has 3 rings (SSSR count). The van der Waals surface area contributed by atoms with Crippen LogP contribution in [0.5, 0.6) is 0 Å². The van der Waals surface area contributed by atoms with Crippen LogP contribution in [-0.4, -0.2) is 24.0 Å². The van der Waals surface area contributed by atoms with E-state index in [-0.39, 0.29) is 5.91 Å². The first-order valence-corrected chi connectivity index (χ1v) is 6.24. The molecule has 2 aliphatic rings. The molecular formula is C14H17NO2. The molecule has 1 aromatic carbocycles. The lowest BCUT2D eigenvalue weighted by Gasteiger charge is -2.42. The number of rotatable bonds is 1. The molecule has 2 saturated heterocycles. The zero-order valence-electron chi connectivity index (χ0n) is 10.1. The molecule has 90 valence electrons. The molecule has 3 nitrogen and oxygen atoms in total. The van der Waals surface area contributed by atoms with E-state index in [1.54, 1.807) is 0 Å². The Kier molecular flexibility index (Phi) is 2.44. The van der Waals surface area contributed by atoms with Crippen molar-refractivity contribution in [3.05, 3.63) is 35.4 Å². The van der Waals surface area contributed by atoms with Crippen molar-refractivity contribution in [2.45, 2.75) is 31.9 Å². The first kappa shape index (κ1) is 10.8. The second-order valence-electron chi connectivity index (χ2n) is 4.90. The number of benzene rings is 1. The van der Waals surface area contributed by atoms with E-state index in [1.165, 1.54) is 5.56 Å². The van der Waals surface area contributed by atoms with Gasteiger partial charge in [0.2, 0.25) is 5.91 Å². The predicted molar refractivity (Wildman–Crippen MR) is 64.4 cm³/mol. The summed E-state index contributed by atoms with van der Waals surface area (Å²) < 4.78 is 5.99. The topological polar surface area (TPSA) is 29.5 Å². The van der Waals surface area contributed by atoms with E-state index >= 15 is 0 Å². The van der Waals surface area contributed by atoms with Gasteiger partial charge in [0.15, 0.2) is 5.72 Å². The summed E-state index contributed by atoms with van der Waals surface area (Å²) in [6.07, 6.45) is 2.34. The van der Waals surface area contributed by atoms with E-state index in [2.05, 4.69) is 31.2 Å². The average molecular weight is 231 g/mol. The smallest absolute Gasteiger partial charge is 0.225 e. The lowest BCUT2D eigenvalue weighted by atomic mass is 9.97. The molecule has 0 aromatic heterocycles. The normalized spacial score (nSPS) is 28.3. The van der Waals surface area contributed by atoms with E-state index in [0.29, 0.717) is 6.42 Å². The SMILES string of the molecule is Cc1ccc([C@]23CCC(=O)N2CCCO3)cc1. The highest BCUT2D eigenvalue weighted by Crippen LogP contribution is 2.42. The second-order valence-corrected chi connectivity index (χ2v) is 4.90. The largest absolute Gasteiger partial charge is 0.351 e. The van der Waals surface area contributed by atoms with Crippen molar-refractivity contribution in [3.8, 4) is 0 Å². The standard InChI is InChI=1S/C14H17NO2/c1-11-3-5-12(6-4-11)14-8-7-13(16)15(14)9-2-10-17-14/h3-6H,2,7-10H2,1H3/t14-/m1/s1. The summed E-state index contributed by atoms with van der Waals surface area (Å²) in [5.41, 5.74) is 1.88. The quantitative estimate of drug-likeness (QED) is 0.741. The highest BCUT2D eigenvalue weighted by molar-refractivity contribution is 5.79. The van der Waals surface area contributed by atoms with Gasteiger partial charge in [-0.05, 0) is 13.3 Å². The molecule has 1 amide bonds. The Morgan fingerprint density at radius 3 is 2.82 bits per heavy atom. The number of hydrogen-bond donors (Lipinski definition) is 0. The van der Waals surface area contributed by atoms with Crippen molar-refractivity contribution in [2.24, 2.45) is 0 Å². The van der Waals surface area contributed by atoms with Gasteiger partial charge in [-0.2, -0.15) is 0 Å². The average Bonchev–Trinajstić information content (AvgIpc) is 2.70. The van der Waals surface area contributed by atoms with Gasteiger partial charge in [0, 0.05) is 24.9 Å². The maximum absolute atomic E-state index is 11.9. The number of ether oxygens (including phenoxy) is 1. The van der Waals surface area contributed by atoms with Crippen LogP contribution >= 0.6 is 0 Å². The summed E-state index contributed by atoms with van der Waals surface area (Å²) in [6, 6.07) is 8.35. The van der Waals surface area contributed by atoms with Crippen LogP contribution < -0.4 is 0 Å². The Bertz CT molecular complexity index is 440. The van der Waals surface area contributed by atoms with E-state index in [9.17, 15) is 4.79 Å². The molecule has 0 unspecified atom stereocenters. The van der Waals surface area contributed by atoms with E-state index in [0.717, 1.165) is 31.6 Å². The van der Waals surface area contributed by atoms with Gasteiger partial charge in [-0.25, -0.2) is 0 Å². The number of nitrogens with zero attached hydrogens (tertiary/aromatic N) is 1. The van der Waals surface area contributed by atoms with Crippen molar-refractivity contribution in [3.63, 3.8) is 0 Å². The summed E-state index contributed by atoms with van der Waals surface area (Å²) in [5.74, 6) is 0.227. The Morgan fingerprint density at radius 1 is 1.29 bits per heavy atom. The van der Waals surface area contributed by atoms with Crippen LogP contribution in [-0.2, 0) is 15.3 Å². The Balaban J connectivity index is 2.03. The van der Waals surface area contributed by atoms with Crippen molar-refractivity contribution >= 4 is 5.91 Å². The molecule has 2 heterocycles. The molecule has 0 N–H and O–H groups in total. The molecule has 1 aromatic rings. The lowest BCUT2D eigenvalue weighted by molar-refractivity contribution is -0.183. The number of amides is 1. The number of carbonyl (C=O) groups is 1. The molecule has 17 heavy (non-hydrogen) atoms. The molecule has 2 fully saturated rings. The van der Waals surface area contributed by atoms with Gasteiger partial charge in [-0.15, -0.1) is 0 Å². The van der Waals surface area contributed by atoms with Crippen molar-refractivity contribution in [2.75, 3.05) is 13.2 Å². The van der Waals surface area contributed by atoms with Crippen molar-refractivity contribution in [1.29, 1.82) is 0 Å². The van der Waals surface area contributed by atoms with E-state index in [1.807, 2.05) is 4.90 Å². The molecule has 2 aliphatic heterocycles. The van der Waals surface area contributed by atoms with Gasteiger partial charge in [0.25, 0.3) is 0 Å². The molecule has 0 radical (unpaired) electrons. The summed E-state index contributed by atoms with van der Waals surface area (Å²) >= 11 is 0. The number of aryl methyl sites for hydroxylation is 1. The molecule has 3 heteroatoms. The van der Waals surface area contributed by atoms with Crippen LogP contribution in [0, 0.1) is 6.92 Å². The van der Waals surface area contributed by atoms with Crippen LogP contribution in [0.25, 0.3) is 0 Å². The third-order valence-electron chi connectivity index (χ3n) is 3.78. The van der Waals surface area contributed by atoms with Gasteiger partial charge in [0.1, 0.15) is 0 Å². The highest BCUT2D eigenvalue weighted by atomic mass is 16.5. The summed E-state index contributed by atoms with van der Waals surface area (Å²) in [5, 5.41) is 0.